The van der Waals surface area contributed by atoms with Crippen LogP contribution >= 0.6 is 0 Å². The Kier molecular flexibility index (Phi) is 10.6. The minimum absolute atomic E-state index is 0.322. The van der Waals surface area contributed by atoms with E-state index < -0.39 is 0 Å². The van der Waals surface area contributed by atoms with Gasteiger partial charge in [-0.25, -0.2) is 0 Å². The van der Waals surface area contributed by atoms with E-state index >= 15 is 0 Å². The molecule has 0 radical (unpaired) electrons. The van der Waals surface area contributed by atoms with Crippen molar-refractivity contribution in [2.45, 2.75) is 65.0 Å². The van der Waals surface area contributed by atoms with E-state index in [1.165, 1.54) is 37.7 Å². The minimum atomic E-state index is -0.322. The predicted molar refractivity (Wildman–Crippen MR) is 92.1 cm³/mol. The maximum absolute atomic E-state index is 10.9. The van der Waals surface area contributed by atoms with Gasteiger partial charge in [0.15, 0.2) is 0 Å². The Morgan fingerprint density at radius 2 is 1.73 bits per heavy atom. The van der Waals surface area contributed by atoms with Crippen molar-refractivity contribution in [1.82, 2.24) is 5.32 Å². The zero-order valence-corrected chi connectivity index (χ0v) is 14.1. The first-order valence-corrected chi connectivity index (χ1v) is 8.65. The van der Waals surface area contributed by atoms with Gasteiger partial charge in [-0.15, -0.1) is 0 Å². The highest BCUT2D eigenvalue weighted by Crippen LogP contribution is 2.08. The van der Waals surface area contributed by atoms with Crippen LogP contribution in [0.1, 0.15) is 57.1 Å². The molecular weight excluding hydrogens is 274 g/mol. The molecule has 0 aromatic heterocycles. The molecule has 1 atom stereocenters. The molecule has 1 aromatic carbocycles. The summed E-state index contributed by atoms with van der Waals surface area (Å²) in [6.07, 6.45) is 7.80. The van der Waals surface area contributed by atoms with Gasteiger partial charge in [-0.1, -0.05) is 56.9 Å². The molecular formula is C19H31NO2. The van der Waals surface area contributed by atoms with E-state index in [1.54, 1.807) is 0 Å². The Hall–Kier alpha value is -1.19. The van der Waals surface area contributed by atoms with Gasteiger partial charge in [-0.2, -0.15) is 0 Å². The first-order valence-electron chi connectivity index (χ1n) is 8.65. The summed E-state index contributed by atoms with van der Waals surface area (Å²) >= 11 is 0. The second kappa shape index (κ2) is 12.4. The van der Waals surface area contributed by atoms with E-state index in [2.05, 4.69) is 36.5 Å². The molecule has 1 aromatic rings. The predicted octanol–water partition coefficient (Wildman–Crippen LogP) is 3.89. The van der Waals surface area contributed by atoms with Gasteiger partial charge in [0.1, 0.15) is 12.4 Å². The van der Waals surface area contributed by atoms with Crippen LogP contribution in [0.4, 0.5) is 0 Å². The monoisotopic (exact) mass is 305 g/mol. The normalized spacial score (nSPS) is 12.3. The van der Waals surface area contributed by atoms with Crippen molar-refractivity contribution in [1.29, 1.82) is 0 Å². The van der Waals surface area contributed by atoms with E-state index in [9.17, 15) is 4.79 Å². The average Bonchev–Trinajstić information content (AvgIpc) is 2.55. The molecule has 1 N–H and O–H groups in total. The molecule has 124 valence electrons. The second-order valence-corrected chi connectivity index (χ2v) is 5.74. The van der Waals surface area contributed by atoms with E-state index in [0.717, 1.165) is 24.9 Å². The van der Waals surface area contributed by atoms with Crippen LogP contribution in [-0.2, 0) is 22.5 Å². The molecule has 22 heavy (non-hydrogen) atoms. The smallest absolute Gasteiger partial charge is 0.149 e. The molecule has 0 heterocycles. The van der Waals surface area contributed by atoms with Crippen LogP contribution in [0.2, 0.25) is 0 Å². The molecule has 1 rings (SSSR count). The van der Waals surface area contributed by atoms with Crippen molar-refractivity contribution in [3.05, 3.63) is 35.4 Å². The summed E-state index contributed by atoms with van der Waals surface area (Å²) in [7, 11) is 0. The van der Waals surface area contributed by atoms with Gasteiger partial charge in [0.25, 0.3) is 0 Å². The number of carbonyl (C=O) groups excluding carboxylic acids is 1. The van der Waals surface area contributed by atoms with Gasteiger partial charge in [-0.3, -0.25) is 0 Å². The molecule has 0 aliphatic carbocycles. The average molecular weight is 305 g/mol. The summed E-state index contributed by atoms with van der Waals surface area (Å²) in [5.74, 6) is 0. The van der Waals surface area contributed by atoms with Crippen molar-refractivity contribution in [2.75, 3.05) is 13.2 Å². The Balaban J connectivity index is 2.22. The first-order chi connectivity index (χ1) is 10.8. The standard InChI is InChI=1S/C19H31NO2/c1-3-5-6-7-8-13-20-15-18-11-9-17(10-12-18)14-19(16-21)22-4-2/h9-12,16,19-20H,3-8,13-15H2,1-2H3. The minimum Gasteiger partial charge on any atom is -0.371 e. The zero-order chi connectivity index (χ0) is 16.0. The number of benzene rings is 1. The molecule has 0 spiro atoms. The SMILES string of the molecule is CCCCCCCNCc1ccc(CC(C=O)OCC)cc1. The summed E-state index contributed by atoms with van der Waals surface area (Å²) in [4.78, 5) is 10.9. The summed E-state index contributed by atoms with van der Waals surface area (Å²) in [6, 6.07) is 8.45. The van der Waals surface area contributed by atoms with E-state index in [-0.39, 0.29) is 6.10 Å². The number of carbonyl (C=O) groups is 1. The number of hydrogen-bond acceptors (Lipinski definition) is 3. The fraction of sp³-hybridized carbons (Fsp3) is 0.632. The van der Waals surface area contributed by atoms with Crippen molar-refractivity contribution in [3.8, 4) is 0 Å². The van der Waals surface area contributed by atoms with Crippen LogP contribution in [0.25, 0.3) is 0 Å². The summed E-state index contributed by atoms with van der Waals surface area (Å²) in [5.41, 5.74) is 2.44. The Labute approximate surface area is 135 Å². The Morgan fingerprint density at radius 1 is 1.05 bits per heavy atom. The molecule has 0 bridgehead atoms. The van der Waals surface area contributed by atoms with Crippen molar-refractivity contribution < 1.29 is 9.53 Å². The molecule has 0 aliphatic heterocycles. The number of unbranched alkanes of at least 4 members (excludes halogenated alkanes) is 4. The molecule has 1 unspecified atom stereocenters. The molecule has 0 aliphatic rings. The molecule has 0 saturated carbocycles. The van der Waals surface area contributed by atoms with Crippen LogP contribution in [0.5, 0.6) is 0 Å². The van der Waals surface area contributed by atoms with E-state index in [0.29, 0.717) is 13.0 Å². The quantitative estimate of drug-likeness (QED) is 0.444. The third-order valence-electron chi connectivity index (χ3n) is 3.78. The lowest BCUT2D eigenvalue weighted by atomic mass is 10.1. The largest absolute Gasteiger partial charge is 0.371 e. The van der Waals surface area contributed by atoms with Gasteiger partial charge in [0, 0.05) is 19.6 Å². The second-order valence-electron chi connectivity index (χ2n) is 5.74. The molecule has 0 saturated heterocycles. The summed E-state index contributed by atoms with van der Waals surface area (Å²) < 4.78 is 5.36. The highest BCUT2D eigenvalue weighted by Gasteiger charge is 2.07. The van der Waals surface area contributed by atoms with E-state index in [4.69, 9.17) is 4.74 Å². The number of hydrogen-bond donors (Lipinski definition) is 1. The topological polar surface area (TPSA) is 38.3 Å². The lowest BCUT2D eigenvalue weighted by Crippen LogP contribution is -2.17. The fourth-order valence-electron chi connectivity index (χ4n) is 2.47. The van der Waals surface area contributed by atoms with Crippen LogP contribution in [0.15, 0.2) is 24.3 Å². The third kappa shape index (κ3) is 8.30. The highest BCUT2D eigenvalue weighted by atomic mass is 16.5. The first kappa shape index (κ1) is 18.9. The Morgan fingerprint density at radius 3 is 2.36 bits per heavy atom. The number of rotatable bonds is 13. The van der Waals surface area contributed by atoms with Crippen molar-refractivity contribution >= 4 is 6.29 Å². The van der Waals surface area contributed by atoms with Gasteiger partial charge in [-0.05, 0) is 31.0 Å². The molecule has 3 heteroatoms. The maximum atomic E-state index is 10.9. The fourth-order valence-corrected chi connectivity index (χ4v) is 2.47. The van der Waals surface area contributed by atoms with Crippen LogP contribution in [0.3, 0.4) is 0 Å². The molecule has 0 fully saturated rings. The Bertz CT molecular complexity index is 389. The summed E-state index contributed by atoms with van der Waals surface area (Å²) in [6.45, 7) is 6.73. The number of aldehydes is 1. The lowest BCUT2D eigenvalue weighted by molar-refractivity contribution is -0.117. The van der Waals surface area contributed by atoms with Crippen molar-refractivity contribution in [3.63, 3.8) is 0 Å². The van der Waals surface area contributed by atoms with Crippen molar-refractivity contribution in [2.24, 2.45) is 0 Å². The maximum Gasteiger partial charge on any atom is 0.149 e. The van der Waals surface area contributed by atoms with Crippen LogP contribution in [-0.4, -0.2) is 25.5 Å². The zero-order valence-electron chi connectivity index (χ0n) is 14.1. The van der Waals surface area contributed by atoms with Gasteiger partial charge >= 0.3 is 0 Å². The van der Waals surface area contributed by atoms with Crippen LogP contribution in [0, 0.1) is 0 Å². The van der Waals surface area contributed by atoms with Gasteiger partial charge < -0.3 is 14.8 Å². The van der Waals surface area contributed by atoms with Crippen LogP contribution < -0.4 is 5.32 Å². The number of nitrogens with one attached hydrogen (secondary N) is 1. The van der Waals surface area contributed by atoms with Gasteiger partial charge in [0.2, 0.25) is 0 Å². The van der Waals surface area contributed by atoms with E-state index in [1.807, 2.05) is 6.92 Å². The molecule has 0 amide bonds. The highest BCUT2D eigenvalue weighted by molar-refractivity contribution is 5.56. The van der Waals surface area contributed by atoms with Gasteiger partial charge in [0.05, 0.1) is 0 Å². The third-order valence-corrected chi connectivity index (χ3v) is 3.78. The lowest BCUT2D eigenvalue weighted by Gasteiger charge is -2.11. The number of ether oxygens (including phenoxy) is 1. The summed E-state index contributed by atoms with van der Waals surface area (Å²) in [5, 5.41) is 3.49. The molecule has 3 nitrogen and oxygen atoms in total.